The maximum Gasteiger partial charge on any atom is 0.407 e. The second kappa shape index (κ2) is 9.43. The van der Waals surface area contributed by atoms with Crippen LogP contribution in [0.5, 0.6) is 0 Å². The minimum atomic E-state index is -1.23. The van der Waals surface area contributed by atoms with Crippen molar-refractivity contribution in [2.45, 2.75) is 18.1 Å². The van der Waals surface area contributed by atoms with Crippen LogP contribution in [0.25, 0.3) is 22.0 Å². The molecule has 0 saturated heterocycles. The molecular formula is C27H23ClN2O4. The zero-order valence-electron chi connectivity index (χ0n) is 18.2. The average molecular weight is 475 g/mol. The van der Waals surface area contributed by atoms with E-state index in [1.165, 1.54) is 0 Å². The molecule has 4 aromatic rings. The summed E-state index contributed by atoms with van der Waals surface area (Å²) in [5.74, 6) is -0.0513. The first kappa shape index (κ1) is 22.3. The Kier molecular flexibility index (Phi) is 6.20. The van der Waals surface area contributed by atoms with Crippen LogP contribution in [0.15, 0.2) is 79.0 Å². The number of nitrogens with one attached hydrogen (secondary N) is 1. The third kappa shape index (κ3) is 4.23. The van der Waals surface area contributed by atoms with Crippen molar-refractivity contribution in [3.05, 3.63) is 101 Å². The largest absolute Gasteiger partial charge is 0.449 e. The Balaban J connectivity index is 1.20. The lowest BCUT2D eigenvalue weighted by Gasteiger charge is -2.20. The predicted octanol–water partition coefficient (Wildman–Crippen LogP) is 4.82. The van der Waals surface area contributed by atoms with Gasteiger partial charge in [-0.25, -0.2) is 4.79 Å². The summed E-state index contributed by atoms with van der Waals surface area (Å²) >= 11 is 6.21. The molecule has 34 heavy (non-hydrogen) atoms. The molecule has 6 nitrogen and oxygen atoms in total. The molecule has 172 valence electrons. The Morgan fingerprint density at radius 2 is 1.68 bits per heavy atom. The number of aliphatic hydroxyl groups is 2. The molecule has 1 aromatic heterocycles. The van der Waals surface area contributed by atoms with E-state index in [4.69, 9.17) is 16.3 Å². The van der Waals surface area contributed by atoms with Gasteiger partial charge < -0.3 is 20.3 Å². The van der Waals surface area contributed by atoms with E-state index >= 15 is 0 Å². The third-order valence-electron chi connectivity index (χ3n) is 6.22. The van der Waals surface area contributed by atoms with Crippen molar-refractivity contribution in [1.29, 1.82) is 0 Å². The standard InChI is InChI=1S/C27H23ClN2O4/c28-23-11-12-29-24-10-9-16(13-21(23)24)26(32)25(31)14-30-27(33)34-15-22-19-7-3-1-5-17(19)18-6-2-4-8-20(18)22/h1-13,22,25-26,31-32H,14-15H2,(H,30,33). The molecule has 7 heteroatoms. The van der Waals surface area contributed by atoms with Crippen LogP contribution < -0.4 is 5.32 Å². The van der Waals surface area contributed by atoms with Gasteiger partial charge in [-0.2, -0.15) is 0 Å². The monoisotopic (exact) mass is 474 g/mol. The maximum atomic E-state index is 12.4. The fraction of sp³-hybridized carbons (Fsp3) is 0.185. The fourth-order valence-electron chi connectivity index (χ4n) is 4.49. The number of carbonyl (C=O) groups excluding carboxylic acids is 1. The number of amides is 1. The molecule has 1 aliphatic carbocycles. The molecule has 5 rings (SSSR count). The van der Waals surface area contributed by atoms with Crippen LogP contribution in [0.1, 0.15) is 28.7 Å². The Bertz CT molecular complexity index is 1310. The van der Waals surface area contributed by atoms with Crippen molar-refractivity contribution < 1.29 is 19.7 Å². The summed E-state index contributed by atoms with van der Waals surface area (Å²) in [6, 6.07) is 22.9. The van der Waals surface area contributed by atoms with Gasteiger partial charge in [-0.15, -0.1) is 0 Å². The van der Waals surface area contributed by atoms with Crippen LogP contribution in [0.2, 0.25) is 5.02 Å². The van der Waals surface area contributed by atoms with E-state index in [0.717, 1.165) is 22.3 Å². The minimum Gasteiger partial charge on any atom is -0.449 e. The fourth-order valence-corrected chi connectivity index (χ4v) is 4.69. The number of hydrogen-bond donors (Lipinski definition) is 3. The number of halogens is 1. The summed E-state index contributed by atoms with van der Waals surface area (Å²) in [5, 5.41) is 24.7. The van der Waals surface area contributed by atoms with Crippen LogP contribution in [0.3, 0.4) is 0 Å². The Hall–Kier alpha value is -3.45. The summed E-state index contributed by atoms with van der Waals surface area (Å²) in [4.78, 5) is 16.6. The minimum absolute atomic E-state index is 0.0513. The number of carbonyl (C=O) groups is 1. The van der Waals surface area contributed by atoms with Gasteiger partial charge in [-0.3, -0.25) is 4.98 Å². The number of fused-ring (bicyclic) bond motifs is 4. The highest BCUT2D eigenvalue weighted by molar-refractivity contribution is 6.35. The normalized spacial score (nSPS) is 14.3. The van der Waals surface area contributed by atoms with Gasteiger partial charge >= 0.3 is 6.09 Å². The zero-order valence-corrected chi connectivity index (χ0v) is 18.9. The van der Waals surface area contributed by atoms with Crippen molar-refractivity contribution in [3.63, 3.8) is 0 Å². The summed E-state index contributed by atoms with van der Waals surface area (Å²) in [7, 11) is 0. The van der Waals surface area contributed by atoms with Gasteiger partial charge in [0.05, 0.1) is 10.5 Å². The first-order chi connectivity index (χ1) is 16.5. The molecule has 2 unspecified atom stereocenters. The van der Waals surface area contributed by atoms with Crippen LogP contribution in [-0.2, 0) is 4.74 Å². The second-order valence-electron chi connectivity index (χ2n) is 8.29. The van der Waals surface area contributed by atoms with Gasteiger partial charge in [-0.05, 0) is 46.0 Å². The van der Waals surface area contributed by atoms with E-state index < -0.39 is 18.3 Å². The molecule has 3 N–H and O–H groups in total. The quantitative estimate of drug-likeness (QED) is 0.372. The Morgan fingerprint density at radius 1 is 1.00 bits per heavy atom. The lowest BCUT2D eigenvalue weighted by molar-refractivity contribution is 0.0186. The van der Waals surface area contributed by atoms with Gasteiger partial charge in [0.2, 0.25) is 0 Å². The maximum absolute atomic E-state index is 12.4. The number of aliphatic hydroxyl groups excluding tert-OH is 2. The molecule has 0 saturated carbocycles. The number of pyridine rings is 1. The van der Waals surface area contributed by atoms with E-state index in [0.29, 0.717) is 21.5 Å². The summed E-state index contributed by atoms with van der Waals surface area (Å²) in [5.41, 5.74) is 5.71. The smallest absolute Gasteiger partial charge is 0.407 e. The number of benzene rings is 3. The van der Waals surface area contributed by atoms with Crippen LogP contribution in [0, 0.1) is 0 Å². The van der Waals surface area contributed by atoms with Crippen molar-refractivity contribution in [2.75, 3.05) is 13.2 Å². The highest BCUT2D eigenvalue weighted by Gasteiger charge is 2.29. The van der Waals surface area contributed by atoms with Crippen LogP contribution in [-0.4, -0.2) is 40.5 Å². The molecule has 3 aromatic carbocycles. The molecule has 1 amide bonds. The van der Waals surface area contributed by atoms with E-state index in [9.17, 15) is 15.0 Å². The van der Waals surface area contributed by atoms with E-state index in [1.807, 2.05) is 36.4 Å². The van der Waals surface area contributed by atoms with Crippen LogP contribution >= 0.6 is 11.6 Å². The number of alkyl carbamates (subject to hydrolysis) is 1. The predicted molar refractivity (Wildman–Crippen MR) is 131 cm³/mol. The van der Waals surface area contributed by atoms with Crippen molar-refractivity contribution in [3.8, 4) is 11.1 Å². The molecule has 1 heterocycles. The summed E-state index contributed by atoms with van der Waals surface area (Å²) in [6.45, 7) is 0.00529. The van der Waals surface area contributed by atoms with Gasteiger partial charge in [0.25, 0.3) is 0 Å². The first-order valence-electron chi connectivity index (χ1n) is 11.0. The summed E-state index contributed by atoms with van der Waals surface area (Å²) in [6.07, 6.45) is -1.49. The van der Waals surface area contributed by atoms with Crippen molar-refractivity contribution >= 4 is 28.6 Å². The van der Waals surface area contributed by atoms with E-state index in [-0.39, 0.29) is 19.1 Å². The van der Waals surface area contributed by atoms with Crippen molar-refractivity contribution in [2.24, 2.45) is 0 Å². The average Bonchev–Trinajstić information content (AvgIpc) is 3.19. The molecule has 1 aliphatic rings. The summed E-state index contributed by atoms with van der Waals surface area (Å²) < 4.78 is 5.48. The topological polar surface area (TPSA) is 91.7 Å². The van der Waals surface area contributed by atoms with E-state index in [2.05, 4.69) is 22.4 Å². The van der Waals surface area contributed by atoms with Gasteiger partial charge in [0, 0.05) is 24.0 Å². The molecule has 2 atom stereocenters. The van der Waals surface area contributed by atoms with Gasteiger partial charge in [-0.1, -0.05) is 66.2 Å². The molecule has 0 aliphatic heterocycles. The molecule has 0 radical (unpaired) electrons. The first-order valence-corrected chi connectivity index (χ1v) is 11.4. The van der Waals surface area contributed by atoms with Gasteiger partial charge in [0.1, 0.15) is 18.8 Å². The highest BCUT2D eigenvalue weighted by Crippen LogP contribution is 2.44. The second-order valence-corrected chi connectivity index (χ2v) is 8.70. The van der Waals surface area contributed by atoms with Crippen molar-refractivity contribution in [1.82, 2.24) is 10.3 Å². The Morgan fingerprint density at radius 3 is 2.38 bits per heavy atom. The lowest BCUT2D eigenvalue weighted by atomic mass is 9.98. The number of aromatic nitrogens is 1. The number of hydrogen-bond acceptors (Lipinski definition) is 5. The van der Waals surface area contributed by atoms with Crippen LogP contribution in [0.4, 0.5) is 4.79 Å². The number of rotatable bonds is 6. The molecular weight excluding hydrogens is 452 g/mol. The molecule has 0 spiro atoms. The Labute approximate surface area is 201 Å². The highest BCUT2D eigenvalue weighted by atomic mass is 35.5. The SMILES string of the molecule is O=C(NCC(O)C(O)c1ccc2nccc(Cl)c2c1)OCC1c2ccccc2-c2ccccc21. The van der Waals surface area contributed by atoms with Gasteiger partial charge in [0.15, 0.2) is 0 Å². The number of ether oxygens (including phenoxy) is 1. The lowest BCUT2D eigenvalue weighted by Crippen LogP contribution is -2.36. The molecule has 0 fully saturated rings. The third-order valence-corrected chi connectivity index (χ3v) is 6.55. The zero-order chi connectivity index (χ0) is 23.7. The molecule has 0 bridgehead atoms. The number of nitrogens with zero attached hydrogens (tertiary/aromatic N) is 1. The van der Waals surface area contributed by atoms with E-state index in [1.54, 1.807) is 30.5 Å².